The third-order valence-corrected chi connectivity index (χ3v) is 3.57. The lowest BCUT2D eigenvalue weighted by molar-refractivity contribution is -0.182. The number of hydrogen-bond donors (Lipinski definition) is 0. The van der Waals surface area contributed by atoms with Crippen molar-refractivity contribution < 1.29 is 23.7 Å². The van der Waals surface area contributed by atoms with Gasteiger partial charge in [-0.25, -0.2) is 4.79 Å². The molecule has 1 unspecified atom stereocenters. The molecule has 0 bridgehead atoms. The summed E-state index contributed by atoms with van der Waals surface area (Å²) in [6.07, 6.45) is -1.07. The fourth-order valence-corrected chi connectivity index (χ4v) is 2.67. The molecule has 2 aliphatic heterocycles. The highest BCUT2D eigenvalue weighted by molar-refractivity contribution is 6.11. The highest BCUT2D eigenvalue weighted by Crippen LogP contribution is 2.37. The molecule has 2 fully saturated rings. The van der Waals surface area contributed by atoms with Gasteiger partial charge in [0, 0.05) is 6.00 Å². The quantitative estimate of drug-likeness (QED) is 0.619. The van der Waals surface area contributed by atoms with E-state index in [-0.39, 0.29) is 18.8 Å². The van der Waals surface area contributed by atoms with Crippen molar-refractivity contribution in [3.8, 4) is 0 Å². The first kappa shape index (κ1) is 14.6. The number of rotatable bonds is 3. The van der Waals surface area contributed by atoms with Crippen LogP contribution in [-0.2, 0) is 18.9 Å². The summed E-state index contributed by atoms with van der Waals surface area (Å²) < 4.78 is 22.3. The third kappa shape index (κ3) is 2.97. The zero-order valence-electron chi connectivity index (χ0n) is 12.0. The summed E-state index contributed by atoms with van der Waals surface area (Å²) in [6, 6.07) is 8.23. The number of hydrogen-bond acceptors (Lipinski definition) is 5. The van der Waals surface area contributed by atoms with Crippen LogP contribution in [0.4, 0.5) is 0 Å². The first-order valence-corrected chi connectivity index (χ1v) is 6.95. The van der Waals surface area contributed by atoms with Crippen molar-refractivity contribution in [2.45, 2.75) is 43.9 Å². The maximum Gasteiger partial charge on any atom is 0.338 e. The zero-order valence-corrected chi connectivity index (χ0v) is 12.0. The summed E-state index contributed by atoms with van der Waals surface area (Å²) in [7, 11) is 5.88. The smallest absolute Gasteiger partial charge is 0.338 e. The average molecular weight is 288 g/mol. The van der Waals surface area contributed by atoms with E-state index in [4.69, 9.17) is 26.8 Å². The maximum absolute atomic E-state index is 11.9. The Morgan fingerprint density at radius 1 is 1.24 bits per heavy atom. The van der Waals surface area contributed by atoms with Crippen molar-refractivity contribution in [2.24, 2.45) is 0 Å². The van der Waals surface area contributed by atoms with Crippen LogP contribution >= 0.6 is 0 Å². The summed E-state index contributed by atoms with van der Waals surface area (Å²) in [6.45, 7) is 3.73. The second-order valence-corrected chi connectivity index (χ2v) is 5.67. The van der Waals surface area contributed by atoms with Gasteiger partial charge in [0.25, 0.3) is 0 Å². The number of benzene rings is 1. The molecule has 2 radical (unpaired) electrons. The van der Waals surface area contributed by atoms with Crippen LogP contribution < -0.4 is 0 Å². The predicted octanol–water partition coefficient (Wildman–Crippen LogP) is 1.26. The SMILES string of the molecule is [B][C@@H]1O[C@H](COC(=O)c2ccccc2)C2OC(C)(C)O[C@@H]21. The molecule has 2 heterocycles. The molecule has 0 amide bonds. The minimum absolute atomic E-state index is 0.0854. The van der Waals surface area contributed by atoms with Crippen LogP contribution in [0.1, 0.15) is 24.2 Å². The standard InChI is InChI=1S/C15H17BO5/c1-15(2)20-11-10(19-13(16)12(11)21-15)8-18-14(17)9-6-4-3-5-7-9/h3-7,10-13H,8H2,1-2H3/t10-,11?,12+,13-/m1/s1. The lowest BCUT2D eigenvalue weighted by Gasteiger charge is -2.23. The second-order valence-electron chi connectivity index (χ2n) is 5.67. The molecule has 2 aliphatic rings. The molecule has 2 saturated heterocycles. The highest BCUT2D eigenvalue weighted by Gasteiger charge is 2.53. The lowest BCUT2D eigenvalue weighted by Crippen LogP contribution is -2.33. The Morgan fingerprint density at radius 2 is 1.90 bits per heavy atom. The molecular weight excluding hydrogens is 271 g/mol. The van der Waals surface area contributed by atoms with Gasteiger partial charge in [-0.15, -0.1) is 0 Å². The second kappa shape index (κ2) is 5.44. The molecule has 0 saturated carbocycles. The van der Waals surface area contributed by atoms with E-state index >= 15 is 0 Å². The topological polar surface area (TPSA) is 54.0 Å². The predicted molar refractivity (Wildman–Crippen MR) is 75.0 cm³/mol. The molecule has 4 atom stereocenters. The maximum atomic E-state index is 11.9. The Labute approximate surface area is 124 Å². The summed E-state index contributed by atoms with van der Waals surface area (Å²) in [4.78, 5) is 11.9. The van der Waals surface area contributed by atoms with Gasteiger partial charge in [-0.05, 0) is 26.0 Å². The Balaban J connectivity index is 1.60. The van der Waals surface area contributed by atoms with E-state index in [9.17, 15) is 4.79 Å². The molecule has 0 N–H and O–H groups in total. The van der Waals surface area contributed by atoms with Crippen LogP contribution in [0.2, 0.25) is 0 Å². The highest BCUT2D eigenvalue weighted by atomic mass is 16.8. The van der Waals surface area contributed by atoms with Crippen LogP contribution in [0.25, 0.3) is 0 Å². The molecular formula is C15H17BO5. The molecule has 5 nitrogen and oxygen atoms in total. The lowest BCUT2D eigenvalue weighted by atomic mass is 9.93. The van der Waals surface area contributed by atoms with Crippen molar-refractivity contribution in [3.63, 3.8) is 0 Å². The van der Waals surface area contributed by atoms with Crippen molar-refractivity contribution >= 4 is 13.8 Å². The average Bonchev–Trinajstić information content (AvgIpc) is 2.92. The zero-order chi connectivity index (χ0) is 15.0. The first-order valence-electron chi connectivity index (χ1n) is 6.95. The van der Waals surface area contributed by atoms with E-state index in [1.54, 1.807) is 24.3 Å². The van der Waals surface area contributed by atoms with Crippen LogP contribution in [0.15, 0.2) is 30.3 Å². The van der Waals surface area contributed by atoms with Gasteiger partial charge in [0.15, 0.2) is 5.79 Å². The molecule has 110 valence electrons. The van der Waals surface area contributed by atoms with Crippen LogP contribution in [-0.4, -0.2) is 50.5 Å². The Hall–Kier alpha value is -1.37. The van der Waals surface area contributed by atoms with Gasteiger partial charge in [0.05, 0.1) is 5.56 Å². The van der Waals surface area contributed by atoms with Gasteiger partial charge in [0.2, 0.25) is 0 Å². The van der Waals surface area contributed by atoms with Crippen molar-refractivity contribution in [3.05, 3.63) is 35.9 Å². The fourth-order valence-electron chi connectivity index (χ4n) is 2.67. The molecule has 0 spiro atoms. The molecule has 1 aromatic rings. The van der Waals surface area contributed by atoms with Crippen molar-refractivity contribution in [1.29, 1.82) is 0 Å². The number of ether oxygens (including phenoxy) is 4. The normalized spacial score (nSPS) is 33.6. The molecule has 6 heteroatoms. The first-order chi connectivity index (χ1) is 9.96. The molecule has 0 aromatic heterocycles. The van der Waals surface area contributed by atoms with Crippen molar-refractivity contribution in [1.82, 2.24) is 0 Å². The fraction of sp³-hybridized carbons (Fsp3) is 0.533. The minimum Gasteiger partial charge on any atom is -0.459 e. The third-order valence-electron chi connectivity index (χ3n) is 3.57. The summed E-state index contributed by atoms with van der Waals surface area (Å²) >= 11 is 0. The molecule has 21 heavy (non-hydrogen) atoms. The Morgan fingerprint density at radius 3 is 2.62 bits per heavy atom. The van der Waals surface area contributed by atoms with E-state index in [0.717, 1.165) is 0 Å². The van der Waals surface area contributed by atoms with Gasteiger partial charge >= 0.3 is 5.97 Å². The van der Waals surface area contributed by atoms with E-state index < -0.39 is 23.9 Å². The monoisotopic (exact) mass is 288 g/mol. The van der Waals surface area contributed by atoms with Gasteiger partial charge in [-0.1, -0.05) is 18.2 Å². The summed E-state index contributed by atoms with van der Waals surface area (Å²) in [5.74, 6) is -1.09. The summed E-state index contributed by atoms with van der Waals surface area (Å²) in [5.41, 5.74) is 0.500. The minimum atomic E-state index is -0.696. The van der Waals surface area contributed by atoms with E-state index in [2.05, 4.69) is 0 Å². The Kier molecular flexibility index (Phi) is 3.77. The van der Waals surface area contributed by atoms with Gasteiger partial charge in [0.1, 0.15) is 32.8 Å². The number of esters is 1. The van der Waals surface area contributed by atoms with Crippen LogP contribution in [0, 0.1) is 0 Å². The van der Waals surface area contributed by atoms with Crippen LogP contribution in [0.3, 0.4) is 0 Å². The van der Waals surface area contributed by atoms with E-state index in [1.165, 1.54) is 0 Å². The van der Waals surface area contributed by atoms with Gasteiger partial charge in [-0.3, -0.25) is 0 Å². The molecule has 1 aromatic carbocycles. The number of fused-ring (bicyclic) bond motifs is 1. The largest absolute Gasteiger partial charge is 0.459 e. The summed E-state index contributed by atoms with van der Waals surface area (Å²) in [5, 5.41) is 0. The molecule has 0 aliphatic carbocycles. The van der Waals surface area contributed by atoms with Crippen molar-refractivity contribution in [2.75, 3.05) is 6.61 Å². The number of carbonyl (C=O) groups excluding carboxylic acids is 1. The molecule has 3 rings (SSSR count). The van der Waals surface area contributed by atoms with Crippen LogP contribution in [0.5, 0.6) is 0 Å². The Bertz CT molecular complexity index is 518. The van der Waals surface area contributed by atoms with Gasteiger partial charge in [-0.2, -0.15) is 0 Å². The van der Waals surface area contributed by atoms with E-state index in [1.807, 2.05) is 19.9 Å². The van der Waals surface area contributed by atoms with E-state index in [0.29, 0.717) is 5.56 Å². The van der Waals surface area contributed by atoms with Gasteiger partial charge < -0.3 is 18.9 Å². The number of carbonyl (C=O) groups is 1.